The molecule has 3 aliphatic rings. The van der Waals surface area contributed by atoms with Crippen molar-refractivity contribution in [3.63, 3.8) is 0 Å². The number of methoxy groups -OCH3 is 2. The van der Waals surface area contributed by atoms with Crippen LogP contribution >= 0.6 is 0 Å². The Bertz CT molecular complexity index is 2040. The zero-order valence-corrected chi connectivity index (χ0v) is 34.9. The summed E-state index contributed by atoms with van der Waals surface area (Å²) in [6, 6.07) is 15.3. The van der Waals surface area contributed by atoms with Crippen molar-refractivity contribution in [2.75, 3.05) is 20.8 Å². The van der Waals surface area contributed by atoms with Crippen LogP contribution in [0.1, 0.15) is 94.7 Å². The minimum atomic E-state index is -0.625. The Balaban J connectivity index is 0.000000196. The lowest BCUT2D eigenvalue weighted by atomic mass is 9.95. The van der Waals surface area contributed by atoms with Crippen LogP contribution in [0.25, 0.3) is 22.5 Å². The fourth-order valence-electron chi connectivity index (χ4n) is 8.46. The molecule has 7 rings (SSSR count). The minimum absolute atomic E-state index is 0.0453. The number of amides is 4. The molecular weight excluding hydrogens is 737 g/mol. The molecule has 1 aliphatic carbocycles. The Morgan fingerprint density at radius 1 is 0.707 bits per heavy atom. The number of rotatable bonds is 10. The van der Waals surface area contributed by atoms with Gasteiger partial charge in [-0.3, -0.25) is 9.59 Å². The molecule has 4 aromatic rings. The molecule has 6 atom stereocenters. The number of aryl methyl sites for hydroxylation is 2. The van der Waals surface area contributed by atoms with Gasteiger partial charge in [0.25, 0.3) is 0 Å². The molecule has 0 spiro atoms. The van der Waals surface area contributed by atoms with Crippen LogP contribution in [-0.2, 0) is 19.1 Å². The second-order valence-electron chi connectivity index (χ2n) is 16.4. The van der Waals surface area contributed by atoms with Gasteiger partial charge in [-0.15, -0.1) is 0 Å². The number of carbonyl (C=O) groups is 4. The number of likely N-dealkylation sites (tertiary alicyclic amines) is 2. The Labute approximate surface area is 340 Å². The molecule has 4 amide bonds. The summed E-state index contributed by atoms with van der Waals surface area (Å²) in [4.78, 5) is 70.0. The Morgan fingerprint density at radius 3 is 1.72 bits per heavy atom. The number of fused-ring (bicyclic) bond motifs is 2. The fraction of sp³-hybridized carbons (Fsp3) is 0.500. The van der Waals surface area contributed by atoms with Gasteiger partial charge in [-0.05, 0) is 74.8 Å². The van der Waals surface area contributed by atoms with Gasteiger partial charge < -0.3 is 39.9 Å². The maximum Gasteiger partial charge on any atom is 0.407 e. The zero-order chi connectivity index (χ0) is 41.7. The third-order valence-electron chi connectivity index (χ3n) is 11.7. The van der Waals surface area contributed by atoms with Crippen LogP contribution in [0.2, 0.25) is 0 Å². The second-order valence-corrected chi connectivity index (χ2v) is 16.4. The molecule has 2 unspecified atom stereocenters. The fourth-order valence-corrected chi connectivity index (χ4v) is 8.46. The van der Waals surface area contributed by atoms with Gasteiger partial charge in [0.15, 0.2) is 0 Å². The van der Waals surface area contributed by atoms with E-state index in [1.165, 1.54) is 25.3 Å². The van der Waals surface area contributed by atoms with Crippen molar-refractivity contribution < 1.29 is 28.7 Å². The number of aromatic amines is 2. The van der Waals surface area contributed by atoms with Crippen molar-refractivity contribution >= 4 is 24.0 Å². The Morgan fingerprint density at radius 2 is 1.21 bits per heavy atom. The van der Waals surface area contributed by atoms with Crippen LogP contribution in [0, 0.1) is 31.6 Å². The molecule has 14 nitrogen and oxygen atoms in total. The van der Waals surface area contributed by atoms with Crippen LogP contribution < -0.4 is 10.6 Å². The highest BCUT2D eigenvalue weighted by molar-refractivity contribution is 5.87. The van der Waals surface area contributed by atoms with Crippen LogP contribution in [0.3, 0.4) is 0 Å². The van der Waals surface area contributed by atoms with Gasteiger partial charge in [-0.2, -0.15) is 0 Å². The first kappa shape index (κ1) is 42.0. The summed E-state index contributed by atoms with van der Waals surface area (Å²) < 4.78 is 9.42. The number of nitrogens with zero attached hydrogens (tertiary/aromatic N) is 4. The number of piperidine rings is 1. The van der Waals surface area contributed by atoms with Crippen LogP contribution in [0.4, 0.5) is 9.59 Å². The van der Waals surface area contributed by atoms with E-state index in [4.69, 9.17) is 4.74 Å². The summed E-state index contributed by atoms with van der Waals surface area (Å²) in [6.07, 6.45) is 7.31. The monoisotopic (exact) mass is 794 g/mol. The van der Waals surface area contributed by atoms with Gasteiger partial charge in [0.1, 0.15) is 23.7 Å². The lowest BCUT2D eigenvalue weighted by Crippen LogP contribution is -2.54. The van der Waals surface area contributed by atoms with Gasteiger partial charge in [-0.25, -0.2) is 19.6 Å². The van der Waals surface area contributed by atoms with E-state index in [-0.39, 0.29) is 41.8 Å². The third-order valence-corrected chi connectivity index (χ3v) is 11.7. The summed E-state index contributed by atoms with van der Waals surface area (Å²) in [5.41, 5.74) is 6.44. The van der Waals surface area contributed by atoms with E-state index in [9.17, 15) is 19.2 Å². The summed E-state index contributed by atoms with van der Waals surface area (Å²) in [7, 11) is 2.61. The highest BCUT2D eigenvalue weighted by Gasteiger charge is 2.51. The molecule has 4 heterocycles. The molecule has 0 radical (unpaired) electrons. The van der Waals surface area contributed by atoms with Gasteiger partial charge in [0.2, 0.25) is 11.8 Å². The lowest BCUT2D eigenvalue weighted by molar-refractivity contribution is -0.139. The maximum atomic E-state index is 13.5. The molecule has 3 fully saturated rings. The number of ether oxygens (including phenoxy) is 2. The van der Waals surface area contributed by atoms with Crippen molar-refractivity contribution in [1.82, 2.24) is 40.4 Å². The zero-order valence-electron chi connectivity index (χ0n) is 34.9. The predicted octanol–water partition coefficient (Wildman–Crippen LogP) is 7.25. The molecule has 14 heteroatoms. The molecule has 4 N–H and O–H groups in total. The van der Waals surface area contributed by atoms with Gasteiger partial charge in [0.05, 0.1) is 50.1 Å². The number of hydrogen-bond donors (Lipinski definition) is 4. The van der Waals surface area contributed by atoms with E-state index < -0.39 is 24.3 Å². The Kier molecular flexibility index (Phi) is 13.2. The first-order valence-corrected chi connectivity index (χ1v) is 20.3. The molecule has 2 bridgehead atoms. The van der Waals surface area contributed by atoms with Crippen molar-refractivity contribution in [2.24, 2.45) is 17.8 Å². The van der Waals surface area contributed by atoms with Gasteiger partial charge in [-0.1, -0.05) is 87.4 Å². The van der Waals surface area contributed by atoms with E-state index in [0.717, 1.165) is 66.3 Å². The highest BCUT2D eigenvalue weighted by atomic mass is 16.5. The van der Waals surface area contributed by atoms with Crippen LogP contribution in [-0.4, -0.2) is 92.6 Å². The third kappa shape index (κ3) is 9.21. The van der Waals surface area contributed by atoms with Crippen molar-refractivity contribution in [2.45, 2.75) is 104 Å². The second kappa shape index (κ2) is 18.3. The number of alkyl carbamates (subject to hydrolysis) is 2. The standard InChI is InChI=1S/C23H30N4O3.C21H28N4O3/c1-13(2)19(26-23(29)30-4)22(28)27-17-10-9-16(11-17)20(27)21-24-12-18(25-21)15-7-5-14(3)6-8-15;1-13(2)18(24-21(27)28-4)20(26)25-11-5-6-17(25)19-22-12-16(23-19)15-9-7-14(3)8-10-15/h5-8,12-13,16-17,19-20H,9-11H2,1-4H3,(H,24,25)(H,26,29);7-10,12-13,17-18H,5-6,11H2,1-4H3,(H,22,23)(H,24,27)/t16?,17?,19-,20-;17-,18-/m00/s1. The summed E-state index contributed by atoms with van der Waals surface area (Å²) in [6.45, 7) is 12.5. The molecular formula is C44H58N8O6. The van der Waals surface area contributed by atoms with E-state index in [1.807, 2.05) is 49.9 Å². The number of benzene rings is 2. The first-order chi connectivity index (χ1) is 27.8. The van der Waals surface area contributed by atoms with Crippen molar-refractivity contribution in [1.29, 1.82) is 0 Å². The quantitative estimate of drug-likeness (QED) is 0.130. The number of hydrogen-bond acceptors (Lipinski definition) is 8. The van der Waals surface area contributed by atoms with E-state index in [0.29, 0.717) is 12.5 Å². The summed E-state index contributed by atoms with van der Waals surface area (Å²) in [5, 5.41) is 5.40. The number of H-pyrrole nitrogens is 2. The number of aromatic nitrogens is 4. The lowest BCUT2D eigenvalue weighted by Gasteiger charge is -2.37. The number of imidazole rings is 2. The van der Waals surface area contributed by atoms with Crippen LogP contribution in [0.15, 0.2) is 60.9 Å². The van der Waals surface area contributed by atoms with E-state index >= 15 is 0 Å². The highest BCUT2D eigenvalue weighted by Crippen LogP contribution is 2.50. The minimum Gasteiger partial charge on any atom is -0.453 e. The molecule has 2 saturated heterocycles. The average Bonchev–Trinajstić information content (AvgIpc) is 4.07. The smallest absolute Gasteiger partial charge is 0.407 e. The van der Waals surface area contributed by atoms with Gasteiger partial charge >= 0.3 is 12.2 Å². The molecule has 2 aromatic heterocycles. The van der Waals surface area contributed by atoms with Gasteiger partial charge in [0, 0.05) is 12.6 Å². The molecule has 1 saturated carbocycles. The molecule has 310 valence electrons. The normalized spacial score (nSPS) is 20.7. The molecule has 58 heavy (non-hydrogen) atoms. The molecule has 2 aromatic carbocycles. The summed E-state index contributed by atoms with van der Waals surface area (Å²) >= 11 is 0. The average molecular weight is 795 g/mol. The number of carbonyl (C=O) groups excluding carboxylic acids is 4. The largest absolute Gasteiger partial charge is 0.453 e. The topological polar surface area (TPSA) is 175 Å². The molecule has 2 aliphatic heterocycles. The first-order valence-electron chi connectivity index (χ1n) is 20.3. The van der Waals surface area contributed by atoms with E-state index in [2.05, 4.69) is 97.7 Å². The predicted molar refractivity (Wildman–Crippen MR) is 220 cm³/mol. The Hall–Kier alpha value is -5.66. The van der Waals surface area contributed by atoms with Crippen LogP contribution in [0.5, 0.6) is 0 Å². The van der Waals surface area contributed by atoms with Crippen molar-refractivity contribution in [3.05, 3.63) is 83.7 Å². The SMILES string of the molecule is COC(=O)N[C@H](C(=O)N1C2CCC(C2)[C@H]1c1ncc(-c2ccc(C)cc2)[nH]1)C(C)C.COC(=O)N[C@H](C(=O)N1CCC[C@H]1c1ncc(-c2ccc(C)cc2)[nH]1)C(C)C. The maximum absolute atomic E-state index is 13.5. The van der Waals surface area contributed by atoms with Crippen molar-refractivity contribution in [3.8, 4) is 22.5 Å². The number of nitrogens with one attached hydrogen (secondary N) is 4. The summed E-state index contributed by atoms with van der Waals surface area (Å²) in [5.74, 6) is 1.75. The van der Waals surface area contributed by atoms with E-state index in [1.54, 1.807) is 0 Å².